The summed E-state index contributed by atoms with van der Waals surface area (Å²) < 4.78 is 18.8. The summed E-state index contributed by atoms with van der Waals surface area (Å²) in [5.74, 6) is -0.0531. The van der Waals surface area contributed by atoms with Gasteiger partial charge in [0.05, 0.1) is 0 Å². The first-order valence-corrected chi connectivity index (χ1v) is 7.29. The maximum Gasteiger partial charge on any atom is 0.269 e. The molecule has 0 fully saturated rings. The van der Waals surface area contributed by atoms with Gasteiger partial charge in [-0.3, -0.25) is 9.89 Å². The molecule has 122 valence electrons. The third kappa shape index (κ3) is 3.01. The van der Waals surface area contributed by atoms with E-state index in [1.807, 2.05) is 19.1 Å². The Morgan fingerprint density at radius 2 is 1.92 bits per heavy atom. The van der Waals surface area contributed by atoms with Crippen molar-refractivity contribution in [1.82, 2.24) is 20.4 Å². The largest absolute Gasteiger partial charge is 0.436 e. The molecule has 1 N–H and O–H groups in total. The Bertz CT molecular complexity index is 921. The number of halogens is 1. The van der Waals surface area contributed by atoms with Crippen molar-refractivity contribution in [3.63, 3.8) is 0 Å². The Labute approximate surface area is 137 Å². The summed E-state index contributed by atoms with van der Waals surface area (Å²) in [5, 5.41) is 9.86. The molecule has 1 aromatic carbocycles. The lowest BCUT2D eigenvalue weighted by Crippen LogP contribution is -1.97. The van der Waals surface area contributed by atoms with Crippen molar-refractivity contribution in [2.24, 2.45) is 0 Å². The molecule has 0 saturated heterocycles. The Balaban J connectivity index is 1.92. The molecule has 0 unspecified atom stereocenters. The highest BCUT2D eigenvalue weighted by molar-refractivity contribution is 5.94. The van der Waals surface area contributed by atoms with E-state index in [2.05, 4.69) is 20.4 Å². The van der Waals surface area contributed by atoms with Gasteiger partial charge in [0.15, 0.2) is 11.5 Å². The van der Waals surface area contributed by atoms with E-state index in [0.29, 0.717) is 11.4 Å². The van der Waals surface area contributed by atoms with Crippen molar-refractivity contribution < 1.29 is 13.9 Å². The first-order valence-electron chi connectivity index (χ1n) is 7.29. The fourth-order valence-electron chi connectivity index (χ4n) is 2.45. The Morgan fingerprint density at radius 1 is 1.17 bits per heavy atom. The molecule has 24 heavy (non-hydrogen) atoms. The van der Waals surface area contributed by atoms with Crippen LogP contribution >= 0.6 is 0 Å². The van der Waals surface area contributed by atoms with Gasteiger partial charge < -0.3 is 4.74 Å². The topological polar surface area (TPSA) is 80.8 Å². The van der Waals surface area contributed by atoms with Gasteiger partial charge in [0.1, 0.15) is 5.75 Å². The monoisotopic (exact) mass is 326 g/mol. The number of carbonyl (C=O) groups is 1. The predicted octanol–water partition coefficient (Wildman–Crippen LogP) is 3.62. The van der Waals surface area contributed by atoms with Gasteiger partial charge >= 0.3 is 0 Å². The number of benzene rings is 1. The molecule has 0 atom stereocenters. The maximum absolute atomic E-state index is 13.2. The van der Waals surface area contributed by atoms with E-state index in [0.717, 1.165) is 16.7 Å². The van der Waals surface area contributed by atoms with Crippen LogP contribution in [0.3, 0.4) is 0 Å². The number of nitrogens with one attached hydrogen (secondary N) is 1. The molecule has 3 aromatic rings. The van der Waals surface area contributed by atoms with Crippen LogP contribution < -0.4 is 4.74 Å². The fourth-order valence-corrected chi connectivity index (χ4v) is 2.45. The fraction of sp³-hybridized carbons (Fsp3) is 0.176. The summed E-state index contributed by atoms with van der Waals surface area (Å²) >= 11 is 0. The van der Waals surface area contributed by atoms with Crippen LogP contribution in [0.25, 0.3) is 11.1 Å². The molecule has 3 rings (SSSR count). The van der Waals surface area contributed by atoms with Crippen LogP contribution in [-0.4, -0.2) is 26.2 Å². The second-order valence-electron chi connectivity index (χ2n) is 5.39. The maximum atomic E-state index is 13.2. The smallest absolute Gasteiger partial charge is 0.269 e. The molecule has 0 spiro atoms. The molecule has 2 heterocycles. The van der Waals surface area contributed by atoms with Crippen molar-refractivity contribution in [2.75, 3.05) is 0 Å². The number of Topliss-reactive ketones (excluding diaryl/α,β-unsaturated/α-hetero) is 1. The van der Waals surface area contributed by atoms with Crippen LogP contribution in [0.2, 0.25) is 0 Å². The van der Waals surface area contributed by atoms with Crippen LogP contribution in [0, 0.1) is 19.8 Å². The molecular weight excluding hydrogens is 311 g/mol. The van der Waals surface area contributed by atoms with Gasteiger partial charge in [-0.1, -0.05) is 16.4 Å². The minimum Gasteiger partial charge on any atom is -0.436 e. The lowest BCUT2D eigenvalue weighted by molar-refractivity contribution is 0.101. The molecule has 0 amide bonds. The van der Waals surface area contributed by atoms with E-state index in [4.69, 9.17) is 4.74 Å². The van der Waals surface area contributed by atoms with Crippen LogP contribution in [0.1, 0.15) is 28.7 Å². The second kappa shape index (κ2) is 6.19. The highest BCUT2D eigenvalue weighted by Crippen LogP contribution is 2.30. The molecule has 7 heteroatoms. The first-order chi connectivity index (χ1) is 11.5. The first kappa shape index (κ1) is 15.8. The van der Waals surface area contributed by atoms with Gasteiger partial charge in [0.2, 0.25) is 5.95 Å². The number of aryl methyl sites for hydroxylation is 2. The van der Waals surface area contributed by atoms with Crippen molar-refractivity contribution >= 4 is 5.78 Å². The Kier molecular flexibility index (Phi) is 4.07. The molecule has 0 aliphatic carbocycles. The average Bonchev–Trinajstić information content (AvgIpc) is 2.97. The lowest BCUT2D eigenvalue weighted by atomic mass is 9.99. The summed E-state index contributed by atoms with van der Waals surface area (Å²) in [7, 11) is 0. The molecule has 0 radical (unpaired) electrons. The van der Waals surface area contributed by atoms with Crippen molar-refractivity contribution in [2.45, 2.75) is 20.8 Å². The Hall–Kier alpha value is -3.09. The summed E-state index contributed by atoms with van der Waals surface area (Å²) in [5.41, 5.74) is 3.54. The summed E-state index contributed by atoms with van der Waals surface area (Å²) in [6.07, 6.45) is 0. The number of carbonyl (C=O) groups excluding carboxylic acids is 1. The van der Waals surface area contributed by atoms with Gasteiger partial charge in [-0.25, -0.2) is 4.98 Å². The third-order valence-corrected chi connectivity index (χ3v) is 3.62. The normalized spacial score (nSPS) is 10.7. The van der Waals surface area contributed by atoms with Crippen LogP contribution in [-0.2, 0) is 0 Å². The van der Waals surface area contributed by atoms with Crippen LogP contribution in [0.5, 0.6) is 11.6 Å². The van der Waals surface area contributed by atoms with Crippen LogP contribution in [0.4, 0.5) is 4.39 Å². The molecule has 0 saturated carbocycles. The molecule has 2 aromatic heterocycles. The minimum absolute atomic E-state index is 0.134. The second-order valence-corrected chi connectivity index (χ2v) is 5.39. The number of pyridine rings is 1. The van der Waals surface area contributed by atoms with E-state index in [9.17, 15) is 9.18 Å². The summed E-state index contributed by atoms with van der Waals surface area (Å²) in [6.45, 7) is 5.08. The van der Waals surface area contributed by atoms with E-state index in [1.165, 1.54) is 13.0 Å². The van der Waals surface area contributed by atoms with E-state index in [-0.39, 0.29) is 17.4 Å². The zero-order chi connectivity index (χ0) is 17.3. The number of ketones is 1. The Morgan fingerprint density at radius 3 is 2.58 bits per heavy atom. The number of aromatic nitrogens is 4. The average molecular weight is 326 g/mol. The van der Waals surface area contributed by atoms with E-state index < -0.39 is 5.95 Å². The number of H-pyrrole nitrogens is 1. The van der Waals surface area contributed by atoms with Crippen molar-refractivity contribution in [3.05, 3.63) is 53.2 Å². The quantitative estimate of drug-likeness (QED) is 0.585. The molecule has 0 aliphatic heterocycles. The lowest BCUT2D eigenvalue weighted by Gasteiger charge is -2.11. The number of rotatable bonds is 4. The molecule has 0 aliphatic rings. The predicted molar refractivity (Wildman–Crippen MR) is 85.6 cm³/mol. The highest BCUT2D eigenvalue weighted by Gasteiger charge is 2.15. The molecular formula is C17H15FN4O2. The SMILES string of the molecule is CC(=O)c1[nH]nnc1Oc1ccc(-c2ccc(F)nc2C)c(C)c1. The minimum atomic E-state index is -0.503. The van der Waals surface area contributed by atoms with Crippen molar-refractivity contribution in [1.29, 1.82) is 0 Å². The summed E-state index contributed by atoms with van der Waals surface area (Å²) in [6, 6.07) is 8.47. The van der Waals surface area contributed by atoms with Crippen molar-refractivity contribution in [3.8, 4) is 22.8 Å². The van der Waals surface area contributed by atoms with Gasteiger partial charge in [0, 0.05) is 18.2 Å². The standard InChI is InChI=1S/C17H15FN4O2/c1-9-8-12(24-17-16(11(3)23)20-22-21-17)4-5-13(9)14-6-7-15(18)19-10(14)2/h4-8H,1-3H3,(H,20,21,22). The van der Waals surface area contributed by atoms with E-state index >= 15 is 0 Å². The highest BCUT2D eigenvalue weighted by atomic mass is 19.1. The van der Waals surface area contributed by atoms with Gasteiger partial charge in [0.25, 0.3) is 5.88 Å². The number of ether oxygens (including phenoxy) is 1. The third-order valence-electron chi connectivity index (χ3n) is 3.62. The van der Waals surface area contributed by atoms with Gasteiger partial charge in [-0.15, -0.1) is 0 Å². The molecule has 0 bridgehead atoms. The van der Waals surface area contributed by atoms with Gasteiger partial charge in [-0.05, 0) is 49.2 Å². The molecule has 6 nitrogen and oxygen atoms in total. The van der Waals surface area contributed by atoms with E-state index in [1.54, 1.807) is 19.1 Å². The zero-order valence-corrected chi connectivity index (χ0v) is 13.4. The summed E-state index contributed by atoms with van der Waals surface area (Å²) in [4.78, 5) is 15.3. The number of nitrogens with zero attached hydrogens (tertiary/aromatic N) is 3. The number of hydrogen-bond donors (Lipinski definition) is 1. The number of hydrogen-bond acceptors (Lipinski definition) is 5. The zero-order valence-electron chi connectivity index (χ0n) is 13.4. The van der Waals surface area contributed by atoms with Gasteiger partial charge in [-0.2, -0.15) is 4.39 Å². The number of aromatic amines is 1. The van der Waals surface area contributed by atoms with Crippen LogP contribution in [0.15, 0.2) is 30.3 Å².